The van der Waals surface area contributed by atoms with E-state index in [2.05, 4.69) is 59.7 Å². The Balaban J connectivity index is 0.000000335. The number of carbonyl (C=O) groups is 1. The van der Waals surface area contributed by atoms with Crippen molar-refractivity contribution in [3.8, 4) is 0 Å². The third-order valence-electron chi connectivity index (χ3n) is 5.76. The van der Waals surface area contributed by atoms with Gasteiger partial charge < -0.3 is 0 Å². The van der Waals surface area contributed by atoms with Crippen LogP contribution in [0.2, 0.25) is 0 Å². The molecule has 0 unspecified atom stereocenters. The van der Waals surface area contributed by atoms with Gasteiger partial charge >= 0.3 is 0 Å². The summed E-state index contributed by atoms with van der Waals surface area (Å²) in [4.78, 5) is 14.2. The Morgan fingerprint density at radius 1 is 0.667 bits per heavy atom. The maximum atomic E-state index is 11.4. The third kappa shape index (κ3) is 11.7. The van der Waals surface area contributed by atoms with Crippen LogP contribution in [0.1, 0.15) is 105 Å². The quantitative estimate of drug-likeness (QED) is 0.159. The fraction of sp³-hybridized carbons (Fsp3) is 0.567. The highest BCUT2D eigenvalue weighted by Crippen LogP contribution is 2.29. The molecule has 0 aliphatic heterocycles. The van der Waals surface area contributed by atoms with E-state index in [1.165, 1.54) is 94.9 Å². The molecule has 0 amide bonds. The van der Waals surface area contributed by atoms with Crippen LogP contribution in [0.15, 0.2) is 40.1 Å². The number of Topliss-reactive ketones (excluding diaryl/α,β-unsaturated/α-hetero) is 1. The van der Waals surface area contributed by atoms with E-state index in [1.54, 1.807) is 6.92 Å². The molecular formula is C30H46OS2. The van der Waals surface area contributed by atoms with Crippen molar-refractivity contribution in [2.45, 2.75) is 110 Å². The highest BCUT2D eigenvalue weighted by Gasteiger charge is 2.08. The van der Waals surface area contributed by atoms with Crippen LogP contribution in [-0.4, -0.2) is 17.3 Å². The first-order chi connectivity index (χ1) is 15.8. The van der Waals surface area contributed by atoms with E-state index < -0.39 is 0 Å². The lowest BCUT2D eigenvalue weighted by Gasteiger charge is -2.11. The van der Waals surface area contributed by atoms with E-state index in [0.717, 1.165) is 5.56 Å². The lowest BCUT2D eigenvalue weighted by Crippen LogP contribution is -1.96. The first-order valence-electron chi connectivity index (χ1n) is 12.8. The van der Waals surface area contributed by atoms with Crippen molar-refractivity contribution in [3.05, 3.63) is 58.1 Å². The number of hydrogen-bond acceptors (Lipinski definition) is 3. The van der Waals surface area contributed by atoms with E-state index in [9.17, 15) is 4.79 Å². The minimum absolute atomic E-state index is 0.153. The average Bonchev–Trinajstić information content (AvgIpc) is 2.77. The zero-order valence-corrected chi connectivity index (χ0v) is 23.8. The zero-order chi connectivity index (χ0) is 24.6. The molecule has 33 heavy (non-hydrogen) atoms. The van der Waals surface area contributed by atoms with Gasteiger partial charge in [-0.25, -0.2) is 0 Å². The smallest absolute Gasteiger partial charge is 0.159 e. The second-order valence-electron chi connectivity index (χ2n) is 9.03. The van der Waals surface area contributed by atoms with Gasteiger partial charge in [-0.1, -0.05) is 70.6 Å². The highest BCUT2D eigenvalue weighted by molar-refractivity contribution is 7.99. The maximum Gasteiger partial charge on any atom is 0.159 e. The molecule has 0 heterocycles. The molecule has 0 spiro atoms. The molecule has 2 aromatic rings. The third-order valence-corrected chi connectivity index (χ3v) is 8.62. The summed E-state index contributed by atoms with van der Waals surface area (Å²) in [6, 6.07) is 10.6. The molecule has 0 radical (unpaired) electrons. The largest absolute Gasteiger partial charge is 0.295 e. The molecule has 184 valence electrons. The van der Waals surface area contributed by atoms with Crippen LogP contribution >= 0.6 is 23.5 Å². The molecule has 0 saturated carbocycles. The average molecular weight is 487 g/mol. The molecule has 2 aromatic carbocycles. The Morgan fingerprint density at radius 2 is 1.09 bits per heavy atom. The van der Waals surface area contributed by atoms with Crippen molar-refractivity contribution in [2.24, 2.45) is 0 Å². The molecule has 0 aliphatic rings. The summed E-state index contributed by atoms with van der Waals surface area (Å²) in [5, 5.41) is 0. The fourth-order valence-electron chi connectivity index (χ4n) is 3.81. The van der Waals surface area contributed by atoms with Gasteiger partial charge in [-0.15, -0.1) is 23.5 Å². The number of hydrogen-bond donors (Lipinski definition) is 0. The summed E-state index contributed by atoms with van der Waals surface area (Å²) in [7, 11) is 0. The predicted molar refractivity (Wildman–Crippen MR) is 152 cm³/mol. The number of carbonyl (C=O) groups excluding carboxylic acids is 1. The molecule has 0 N–H and O–H groups in total. The highest BCUT2D eigenvalue weighted by atomic mass is 32.2. The van der Waals surface area contributed by atoms with E-state index in [4.69, 9.17) is 0 Å². The van der Waals surface area contributed by atoms with Crippen molar-refractivity contribution >= 4 is 29.3 Å². The van der Waals surface area contributed by atoms with Crippen LogP contribution in [0, 0.1) is 27.7 Å². The topological polar surface area (TPSA) is 17.1 Å². The van der Waals surface area contributed by atoms with E-state index in [0.29, 0.717) is 0 Å². The van der Waals surface area contributed by atoms with Gasteiger partial charge in [0.2, 0.25) is 0 Å². The minimum Gasteiger partial charge on any atom is -0.295 e. The molecule has 0 atom stereocenters. The number of ketones is 1. The summed E-state index contributed by atoms with van der Waals surface area (Å²) in [6.45, 7) is 14.8. The standard InChI is InChI=1S/C16H24OS.C14H22S/c1-5-6-7-8-9-18-16-12(2)10-15(14(4)17)11-13(16)3;1-4-5-6-7-11-15-14-12(2)9-8-10-13(14)3/h10-11H,5-9H2,1-4H3;8-10H,4-7,11H2,1-3H3. The van der Waals surface area contributed by atoms with Gasteiger partial charge in [0, 0.05) is 15.4 Å². The maximum absolute atomic E-state index is 11.4. The first kappa shape index (κ1) is 29.8. The van der Waals surface area contributed by atoms with Crippen LogP contribution in [0.25, 0.3) is 0 Å². The van der Waals surface area contributed by atoms with Crippen molar-refractivity contribution < 1.29 is 4.79 Å². The normalized spacial score (nSPS) is 10.6. The van der Waals surface area contributed by atoms with Crippen LogP contribution < -0.4 is 0 Å². The van der Waals surface area contributed by atoms with Gasteiger partial charge in [0.25, 0.3) is 0 Å². The van der Waals surface area contributed by atoms with E-state index in [1.807, 2.05) is 35.7 Å². The summed E-state index contributed by atoms with van der Waals surface area (Å²) in [5.41, 5.74) is 6.16. The monoisotopic (exact) mass is 486 g/mol. The minimum atomic E-state index is 0.153. The van der Waals surface area contributed by atoms with Crippen LogP contribution in [-0.2, 0) is 0 Å². The number of thioether (sulfide) groups is 2. The number of unbranched alkanes of at least 4 members (excludes halogenated alkanes) is 6. The van der Waals surface area contributed by atoms with Gasteiger partial charge in [0.05, 0.1) is 0 Å². The molecule has 1 nitrogen and oxygen atoms in total. The molecule has 0 bridgehead atoms. The zero-order valence-electron chi connectivity index (χ0n) is 22.2. The van der Waals surface area contributed by atoms with Gasteiger partial charge in [-0.2, -0.15) is 0 Å². The van der Waals surface area contributed by atoms with Gasteiger partial charge in [0.1, 0.15) is 0 Å². The molecule has 0 aromatic heterocycles. The van der Waals surface area contributed by atoms with Crippen molar-refractivity contribution in [3.63, 3.8) is 0 Å². The Morgan fingerprint density at radius 3 is 1.48 bits per heavy atom. The van der Waals surface area contributed by atoms with Gasteiger partial charge in [0.15, 0.2) is 5.78 Å². The number of rotatable bonds is 13. The molecular weight excluding hydrogens is 440 g/mol. The summed E-state index contributed by atoms with van der Waals surface area (Å²) in [6.07, 6.45) is 10.7. The SMILES string of the molecule is CCCCCCSc1c(C)cc(C(C)=O)cc1C.CCCCCCSc1c(C)cccc1C. The Labute approximate surface area is 212 Å². The molecule has 0 fully saturated rings. The van der Waals surface area contributed by atoms with Crippen molar-refractivity contribution in [2.75, 3.05) is 11.5 Å². The lowest BCUT2D eigenvalue weighted by molar-refractivity contribution is 0.101. The van der Waals surface area contributed by atoms with Crippen LogP contribution in [0.3, 0.4) is 0 Å². The first-order valence-corrected chi connectivity index (χ1v) is 14.7. The van der Waals surface area contributed by atoms with Crippen molar-refractivity contribution in [1.82, 2.24) is 0 Å². The summed E-state index contributed by atoms with van der Waals surface area (Å²) in [5.74, 6) is 2.60. The molecule has 0 aliphatic carbocycles. The second kappa shape index (κ2) is 17.3. The van der Waals surface area contributed by atoms with Crippen molar-refractivity contribution in [1.29, 1.82) is 0 Å². The predicted octanol–water partition coefficient (Wildman–Crippen LogP) is 10.2. The number of benzene rings is 2. The molecule has 0 saturated heterocycles. The Bertz CT molecular complexity index is 798. The van der Waals surface area contributed by atoms with Gasteiger partial charge in [-0.3, -0.25) is 4.79 Å². The Hall–Kier alpha value is -1.19. The van der Waals surface area contributed by atoms with E-state index in [-0.39, 0.29) is 5.78 Å². The summed E-state index contributed by atoms with van der Waals surface area (Å²) >= 11 is 3.96. The Kier molecular flexibility index (Phi) is 15.6. The van der Waals surface area contributed by atoms with E-state index >= 15 is 0 Å². The lowest BCUT2D eigenvalue weighted by atomic mass is 10.0. The fourth-order valence-corrected chi connectivity index (χ4v) is 6.08. The number of aryl methyl sites for hydroxylation is 4. The second-order valence-corrected chi connectivity index (χ2v) is 11.2. The molecule has 3 heteroatoms. The van der Waals surface area contributed by atoms with Crippen LogP contribution in [0.5, 0.6) is 0 Å². The van der Waals surface area contributed by atoms with Gasteiger partial charge in [-0.05, 0) is 93.4 Å². The summed E-state index contributed by atoms with van der Waals surface area (Å²) < 4.78 is 0. The van der Waals surface area contributed by atoms with Crippen LogP contribution in [0.4, 0.5) is 0 Å². The molecule has 2 rings (SSSR count).